The zero-order valence-electron chi connectivity index (χ0n) is 23.7. The molecule has 3 atom stereocenters. The number of benzene rings is 3. The van der Waals surface area contributed by atoms with Crippen molar-refractivity contribution in [1.82, 2.24) is 4.90 Å². The van der Waals surface area contributed by atoms with Gasteiger partial charge in [0.15, 0.2) is 6.61 Å². The molecule has 0 spiro atoms. The van der Waals surface area contributed by atoms with Gasteiger partial charge in [-0.2, -0.15) is 13.2 Å². The Morgan fingerprint density at radius 2 is 1.39 bits per heavy atom. The van der Waals surface area contributed by atoms with Crippen molar-refractivity contribution in [3.8, 4) is 0 Å². The van der Waals surface area contributed by atoms with E-state index in [2.05, 4.69) is 5.32 Å². The van der Waals surface area contributed by atoms with Crippen LogP contribution in [0.25, 0.3) is 0 Å². The van der Waals surface area contributed by atoms with Gasteiger partial charge < -0.3 is 10.1 Å². The number of esters is 1. The molecule has 0 saturated carbocycles. The Hall–Kier alpha value is -4.18. The van der Waals surface area contributed by atoms with Crippen LogP contribution in [-0.2, 0) is 30.1 Å². The maximum Gasteiger partial charge on any atom is 0.416 e. The van der Waals surface area contributed by atoms with E-state index in [1.807, 2.05) is 62.4 Å². The summed E-state index contributed by atoms with van der Waals surface area (Å²) in [6.45, 7) is 2.80. The second kappa shape index (κ2) is 11.1. The largest absolute Gasteiger partial charge is 0.454 e. The number of hydrogen-bond acceptors (Lipinski definition) is 5. The first-order valence-corrected chi connectivity index (χ1v) is 14.6. The summed E-state index contributed by atoms with van der Waals surface area (Å²) < 4.78 is 44.7. The smallest absolute Gasteiger partial charge is 0.416 e. The third-order valence-electron chi connectivity index (χ3n) is 8.67. The van der Waals surface area contributed by atoms with Gasteiger partial charge in [-0.3, -0.25) is 19.3 Å². The van der Waals surface area contributed by atoms with Crippen molar-refractivity contribution < 1.29 is 37.1 Å². The van der Waals surface area contributed by atoms with Gasteiger partial charge in [-0.1, -0.05) is 74.0 Å². The van der Waals surface area contributed by atoms with Crippen LogP contribution < -0.4 is 5.32 Å². The van der Waals surface area contributed by atoms with E-state index in [0.717, 1.165) is 39.3 Å². The van der Waals surface area contributed by atoms with E-state index in [0.29, 0.717) is 6.07 Å². The molecule has 3 aromatic rings. The Balaban J connectivity index is 1.24. The summed E-state index contributed by atoms with van der Waals surface area (Å²) in [5, 5.41) is 2.09. The molecular formula is C33H28ClF3N2O5. The number of halogens is 4. The average molecular weight is 625 g/mol. The summed E-state index contributed by atoms with van der Waals surface area (Å²) in [4.78, 5) is 55.3. The van der Waals surface area contributed by atoms with Crippen LogP contribution >= 0.6 is 11.6 Å². The van der Waals surface area contributed by atoms with Gasteiger partial charge >= 0.3 is 12.1 Å². The van der Waals surface area contributed by atoms with Gasteiger partial charge in [-0.05, 0) is 52.8 Å². The lowest BCUT2D eigenvalue weighted by Crippen LogP contribution is -2.47. The topological polar surface area (TPSA) is 92.8 Å². The highest BCUT2D eigenvalue weighted by Gasteiger charge is 2.63. The van der Waals surface area contributed by atoms with E-state index in [1.54, 1.807) is 0 Å². The number of ether oxygens (including phenoxy) is 1. The average Bonchev–Trinajstić information content (AvgIpc) is 3.25. The van der Waals surface area contributed by atoms with Gasteiger partial charge in [-0.15, -0.1) is 0 Å². The molecule has 3 amide bonds. The molecule has 1 heterocycles. The molecule has 3 aliphatic carbocycles. The van der Waals surface area contributed by atoms with Crippen molar-refractivity contribution in [2.24, 2.45) is 17.8 Å². The molecule has 1 N–H and O–H groups in total. The number of alkyl halides is 3. The van der Waals surface area contributed by atoms with Gasteiger partial charge in [0.1, 0.15) is 6.04 Å². The Kier molecular flexibility index (Phi) is 7.52. The Morgan fingerprint density at radius 3 is 1.84 bits per heavy atom. The summed E-state index contributed by atoms with van der Waals surface area (Å²) in [7, 11) is 0. The van der Waals surface area contributed by atoms with Gasteiger partial charge in [0, 0.05) is 11.8 Å². The molecule has 44 heavy (non-hydrogen) atoms. The maximum atomic E-state index is 14.1. The van der Waals surface area contributed by atoms with E-state index in [9.17, 15) is 32.3 Å². The number of hydrogen-bond donors (Lipinski definition) is 1. The fourth-order valence-electron chi connectivity index (χ4n) is 6.98. The van der Waals surface area contributed by atoms with Crippen molar-refractivity contribution in [2.45, 2.75) is 44.3 Å². The molecule has 7 nitrogen and oxygen atoms in total. The van der Waals surface area contributed by atoms with Crippen molar-refractivity contribution in [3.63, 3.8) is 0 Å². The van der Waals surface area contributed by atoms with Crippen molar-refractivity contribution in [1.29, 1.82) is 0 Å². The molecule has 11 heteroatoms. The number of amides is 3. The predicted molar refractivity (Wildman–Crippen MR) is 155 cm³/mol. The minimum Gasteiger partial charge on any atom is -0.454 e. The quantitative estimate of drug-likeness (QED) is 0.252. The van der Waals surface area contributed by atoms with Gasteiger partial charge in [0.2, 0.25) is 11.8 Å². The number of carbonyl (C=O) groups is 4. The normalized spacial score (nSPS) is 22.4. The lowest BCUT2D eigenvalue weighted by Gasteiger charge is -2.45. The lowest BCUT2D eigenvalue weighted by molar-refractivity contribution is -0.160. The minimum atomic E-state index is -4.66. The molecule has 7 rings (SSSR count). The predicted octanol–water partition coefficient (Wildman–Crippen LogP) is 6.15. The number of imide groups is 1. The molecule has 1 saturated heterocycles. The molecule has 1 aliphatic heterocycles. The first-order chi connectivity index (χ1) is 20.9. The zero-order valence-corrected chi connectivity index (χ0v) is 24.5. The van der Waals surface area contributed by atoms with Crippen molar-refractivity contribution in [2.75, 3.05) is 11.9 Å². The van der Waals surface area contributed by atoms with Crippen molar-refractivity contribution in [3.05, 3.63) is 99.6 Å². The van der Waals surface area contributed by atoms with Crippen LogP contribution in [0.3, 0.4) is 0 Å². The van der Waals surface area contributed by atoms with Crippen LogP contribution in [0, 0.1) is 17.8 Å². The third-order valence-corrected chi connectivity index (χ3v) is 9.00. The molecule has 0 aromatic heterocycles. The molecule has 3 aromatic carbocycles. The number of nitrogens with one attached hydrogen (secondary N) is 1. The molecule has 4 aliphatic rings. The molecule has 1 fully saturated rings. The first kappa shape index (κ1) is 29.9. The monoisotopic (exact) mass is 624 g/mol. The van der Waals surface area contributed by atoms with Gasteiger partial charge in [0.05, 0.1) is 28.1 Å². The summed E-state index contributed by atoms with van der Waals surface area (Å²) in [6.07, 6.45) is -4.55. The van der Waals surface area contributed by atoms with Crippen LogP contribution in [0.1, 0.15) is 59.9 Å². The highest BCUT2D eigenvalue weighted by molar-refractivity contribution is 6.33. The number of carbonyl (C=O) groups excluding carboxylic acids is 4. The summed E-state index contributed by atoms with van der Waals surface area (Å²) in [6, 6.07) is 16.7. The molecule has 0 radical (unpaired) electrons. The first-order valence-electron chi connectivity index (χ1n) is 14.3. The highest BCUT2D eigenvalue weighted by atomic mass is 35.5. The molecule has 0 unspecified atom stereocenters. The zero-order chi connectivity index (χ0) is 31.5. The number of anilines is 1. The second-order valence-corrected chi connectivity index (χ2v) is 12.2. The standard InChI is InChI=1S/C33H28ClF3N2O5/c1-16(2)13-24(32(43)44-15-25(40)38-23-14-17(33(35,36)37)11-12-22(23)34)39-30(41)28-26-18-7-3-4-8-19(18)27(29(28)31(39)42)21-10-6-5-9-20(21)26/h3-12,14,16,24,26-29H,13,15H2,1-2H3,(H,38,40)/t24-,26?,27?,28-,29+/m0/s1. The molecule has 2 bridgehead atoms. The second-order valence-electron chi connectivity index (χ2n) is 11.8. The number of nitrogens with zero attached hydrogens (tertiary/aromatic N) is 1. The molecule has 228 valence electrons. The van der Waals surface area contributed by atoms with Gasteiger partial charge in [0.25, 0.3) is 5.91 Å². The van der Waals surface area contributed by atoms with E-state index < -0.39 is 59.9 Å². The van der Waals surface area contributed by atoms with Crippen LogP contribution in [-0.4, -0.2) is 41.2 Å². The van der Waals surface area contributed by atoms with Crippen LogP contribution in [0.5, 0.6) is 0 Å². The van der Waals surface area contributed by atoms with E-state index in [-0.39, 0.29) is 34.9 Å². The Labute approximate surface area is 256 Å². The Morgan fingerprint density at radius 1 is 0.886 bits per heavy atom. The Bertz CT molecular complexity index is 1570. The minimum absolute atomic E-state index is 0.103. The molecular weight excluding hydrogens is 597 g/mol. The van der Waals surface area contributed by atoms with Crippen LogP contribution in [0.2, 0.25) is 5.02 Å². The highest BCUT2D eigenvalue weighted by Crippen LogP contribution is 2.61. The fourth-order valence-corrected chi connectivity index (χ4v) is 7.14. The van der Waals surface area contributed by atoms with Crippen molar-refractivity contribution >= 4 is 41.0 Å². The summed E-state index contributed by atoms with van der Waals surface area (Å²) in [5.74, 6) is -5.00. The summed E-state index contributed by atoms with van der Waals surface area (Å²) >= 11 is 5.96. The van der Waals surface area contributed by atoms with E-state index in [1.165, 1.54) is 0 Å². The number of rotatable bonds is 7. The van der Waals surface area contributed by atoms with E-state index in [4.69, 9.17) is 16.3 Å². The third kappa shape index (κ3) is 4.95. The van der Waals surface area contributed by atoms with Crippen LogP contribution in [0.15, 0.2) is 66.7 Å². The SMILES string of the molecule is CC(C)C[C@@H](C(=O)OCC(=O)Nc1cc(C(F)(F)F)ccc1Cl)N1C(=O)[C@@H]2C3c4ccccc4C(c4ccccc43)[C@@H]2C1=O. The van der Waals surface area contributed by atoms with E-state index >= 15 is 0 Å². The fraction of sp³-hybridized carbons (Fsp3) is 0.333. The van der Waals surface area contributed by atoms with Crippen LogP contribution in [0.4, 0.5) is 18.9 Å². The van der Waals surface area contributed by atoms with Gasteiger partial charge in [-0.25, -0.2) is 4.79 Å². The number of likely N-dealkylation sites (tertiary alicyclic amines) is 1. The summed E-state index contributed by atoms with van der Waals surface area (Å²) in [5.41, 5.74) is 2.66. The maximum absolute atomic E-state index is 14.1. The lowest BCUT2D eigenvalue weighted by atomic mass is 9.55.